The van der Waals surface area contributed by atoms with Crippen LogP contribution in [0.3, 0.4) is 0 Å². The molecule has 1 aliphatic carbocycles. The van der Waals surface area contributed by atoms with E-state index in [1.165, 1.54) is 4.91 Å². The van der Waals surface area contributed by atoms with E-state index in [0.29, 0.717) is 0 Å². The number of carbonyl (C=O) groups excluding carboxylic acids is 1. The second-order valence-corrected chi connectivity index (χ2v) is 7.21. The molecule has 3 unspecified atom stereocenters. The number of alkyl halides is 1. The van der Waals surface area contributed by atoms with Crippen molar-refractivity contribution in [2.24, 2.45) is 11.8 Å². The van der Waals surface area contributed by atoms with E-state index >= 15 is 0 Å². The molecule has 2 nitrogen and oxygen atoms in total. The van der Waals surface area contributed by atoms with Crippen molar-refractivity contribution in [1.82, 2.24) is 0 Å². The lowest BCUT2D eigenvalue weighted by Gasteiger charge is -2.28. The number of ether oxygens (including phenoxy) is 1. The molecule has 0 radical (unpaired) electrons. The van der Waals surface area contributed by atoms with Gasteiger partial charge in [0.05, 0.1) is 12.5 Å². The first-order valence-corrected chi connectivity index (χ1v) is 8.87. The molecule has 1 heterocycles. The molecule has 1 aromatic carbocycles. The third-order valence-corrected chi connectivity index (χ3v) is 5.69. The Bertz CT molecular complexity index is 623. The second kappa shape index (κ2) is 6.93. The van der Waals surface area contributed by atoms with Gasteiger partial charge in [0, 0.05) is 11.8 Å². The fraction of sp³-hybridized carbons (Fsp3) is 0.389. The summed E-state index contributed by atoms with van der Waals surface area (Å²) in [4.78, 5) is 13.6. The fourth-order valence-corrected chi connectivity index (χ4v) is 4.45. The summed E-state index contributed by atoms with van der Waals surface area (Å²) in [7, 11) is 1.67. The van der Waals surface area contributed by atoms with Gasteiger partial charge in [0.2, 0.25) is 0 Å². The third-order valence-electron chi connectivity index (χ3n) is 4.30. The van der Waals surface area contributed by atoms with Gasteiger partial charge in [0.1, 0.15) is 5.75 Å². The maximum Gasteiger partial charge on any atom is 0.154 e. The Kier molecular flexibility index (Phi) is 4.94. The molecule has 1 fully saturated rings. The largest absolute Gasteiger partial charge is 0.497 e. The second-order valence-electron chi connectivity index (χ2n) is 5.70. The Morgan fingerprint density at radius 1 is 1.36 bits per heavy atom. The number of rotatable bonds is 3. The molecule has 3 atom stereocenters. The van der Waals surface area contributed by atoms with Gasteiger partial charge in [0.25, 0.3) is 0 Å². The molecule has 0 aromatic heterocycles. The van der Waals surface area contributed by atoms with E-state index in [1.54, 1.807) is 18.9 Å². The van der Waals surface area contributed by atoms with Crippen molar-refractivity contribution in [2.45, 2.75) is 24.6 Å². The summed E-state index contributed by atoms with van der Waals surface area (Å²) in [5.74, 6) is 1.25. The van der Waals surface area contributed by atoms with Crippen molar-refractivity contribution in [3.8, 4) is 5.75 Å². The van der Waals surface area contributed by atoms with E-state index in [2.05, 4.69) is 23.6 Å². The Balaban J connectivity index is 1.84. The maximum absolute atomic E-state index is 12.4. The lowest BCUT2D eigenvalue weighted by atomic mass is 9.78. The van der Waals surface area contributed by atoms with Crippen LogP contribution in [0, 0.1) is 11.8 Å². The van der Waals surface area contributed by atoms with Crippen molar-refractivity contribution in [3.63, 3.8) is 0 Å². The van der Waals surface area contributed by atoms with Gasteiger partial charge in [-0.05, 0) is 46.9 Å². The third kappa shape index (κ3) is 3.26. The molecule has 2 aliphatic rings. The minimum absolute atomic E-state index is 0.0272. The van der Waals surface area contributed by atoms with Crippen molar-refractivity contribution in [2.75, 3.05) is 7.11 Å². The lowest BCUT2D eigenvalue weighted by Crippen LogP contribution is -2.33. The van der Waals surface area contributed by atoms with E-state index in [9.17, 15) is 4.79 Å². The zero-order valence-corrected chi connectivity index (χ0v) is 14.1. The summed E-state index contributed by atoms with van der Waals surface area (Å²) in [6, 6.07) is 7.98. The normalized spacial score (nSPS) is 30.0. The summed E-state index contributed by atoms with van der Waals surface area (Å²) in [5.41, 5.74) is 1.10. The van der Waals surface area contributed by atoms with Crippen LogP contribution < -0.4 is 4.74 Å². The van der Waals surface area contributed by atoms with Crippen LogP contribution in [0.25, 0.3) is 6.08 Å². The zero-order valence-electron chi connectivity index (χ0n) is 12.5. The molecular weight excluding hydrogens is 316 g/mol. The minimum atomic E-state index is -0.309. The predicted molar refractivity (Wildman–Crippen MR) is 93.2 cm³/mol. The van der Waals surface area contributed by atoms with E-state index in [4.69, 9.17) is 16.3 Å². The molecule has 0 N–H and O–H groups in total. The molecule has 1 aliphatic heterocycles. The number of benzene rings is 1. The summed E-state index contributed by atoms with van der Waals surface area (Å²) >= 11 is 7.87. The lowest BCUT2D eigenvalue weighted by molar-refractivity contribution is -0.124. The van der Waals surface area contributed by atoms with Crippen LogP contribution in [0.5, 0.6) is 5.75 Å². The monoisotopic (exact) mass is 334 g/mol. The molecular formula is C18H19ClO2S. The first-order chi connectivity index (χ1) is 10.7. The molecule has 22 heavy (non-hydrogen) atoms. The van der Waals surface area contributed by atoms with Crippen molar-refractivity contribution < 1.29 is 9.53 Å². The van der Waals surface area contributed by atoms with Crippen LogP contribution in [0.2, 0.25) is 0 Å². The van der Waals surface area contributed by atoms with E-state index in [1.807, 2.05) is 18.2 Å². The average Bonchev–Trinajstić information content (AvgIpc) is 2.98. The zero-order chi connectivity index (χ0) is 15.5. The number of Topliss-reactive ketones (excluding diaryl/α,β-unsaturated/α-hetero) is 1. The molecule has 0 bridgehead atoms. The minimum Gasteiger partial charge on any atom is -0.497 e. The molecule has 4 heteroatoms. The average molecular weight is 335 g/mol. The highest BCUT2D eigenvalue weighted by Crippen LogP contribution is 2.44. The topological polar surface area (TPSA) is 26.3 Å². The van der Waals surface area contributed by atoms with Crippen molar-refractivity contribution >= 4 is 35.2 Å². The Morgan fingerprint density at radius 2 is 2.23 bits per heavy atom. The molecule has 3 rings (SSSR count). The number of hydrogen-bond donors (Lipinski definition) is 0. The van der Waals surface area contributed by atoms with Gasteiger partial charge in [-0.3, -0.25) is 4.79 Å². The van der Waals surface area contributed by atoms with Crippen LogP contribution in [0.15, 0.2) is 40.7 Å². The summed E-state index contributed by atoms with van der Waals surface area (Å²) in [5, 5.41) is 1.78. The standard InChI is InChI=1S/C18H19ClO2S/c1-21-13-5-2-4-12(10-13)11-17-14(8-9-22-17)15-6-3-7-16(19)18(15)20/h2,4-5,8-11,14-16H,3,6-7H2,1H3. The predicted octanol–water partition coefficient (Wildman–Crippen LogP) is 4.89. The number of hydrogen-bond acceptors (Lipinski definition) is 3. The first-order valence-electron chi connectivity index (χ1n) is 7.56. The highest BCUT2D eigenvalue weighted by atomic mass is 35.5. The van der Waals surface area contributed by atoms with Crippen LogP contribution >= 0.6 is 23.4 Å². The summed E-state index contributed by atoms with van der Waals surface area (Å²) in [6.07, 6.45) is 7.09. The SMILES string of the molecule is COc1cccc(C=C2SC=CC2C2CCCC(Cl)C2=O)c1. The highest BCUT2D eigenvalue weighted by molar-refractivity contribution is 8.06. The molecule has 1 saturated carbocycles. The van der Waals surface area contributed by atoms with Gasteiger partial charge in [0.15, 0.2) is 5.78 Å². The van der Waals surface area contributed by atoms with Crippen LogP contribution in [0.4, 0.5) is 0 Å². The summed E-state index contributed by atoms with van der Waals surface area (Å²) in [6.45, 7) is 0. The van der Waals surface area contributed by atoms with E-state index in [0.717, 1.165) is 30.6 Å². The number of thioether (sulfide) groups is 1. The Hall–Kier alpha value is -1.19. The molecule has 116 valence electrons. The van der Waals surface area contributed by atoms with Gasteiger partial charge in [-0.25, -0.2) is 0 Å². The smallest absolute Gasteiger partial charge is 0.154 e. The number of halogens is 1. The number of carbonyl (C=O) groups is 1. The molecule has 0 spiro atoms. The maximum atomic E-state index is 12.4. The number of ketones is 1. The van der Waals surface area contributed by atoms with Gasteiger partial charge < -0.3 is 4.74 Å². The quantitative estimate of drug-likeness (QED) is 0.736. The highest BCUT2D eigenvalue weighted by Gasteiger charge is 2.37. The van der Waals surface area contributed by atoms with E-state index in [-0.39, 0.29) is 23.0 Å². The van der Waals surface area contributed by atoms with Crippen molar-refractivity contribution in [3.05, 3.63) is 46.2 Å². The van der Waals surface area contributed by atoms with Gasteiger partial charge in [-0.15, -0.1) is 23.4 Å². The van der Waals surface area contributed by atoms with Crippen LogP contribution in [-0.4, -0.2) is 18.3 Å². The molecule has 1 aromatic rings. The summed E-state index contributed by atoms with van der Waals surface area (Å²) < 4.78 is 5.27. The van der Waals surface area contributed by atoms with Crippen LogP contribution in [0.1, 0.15) is 24.8 Å². The number of methoxy groups -OCH3 is 1. The number of allylic oxidation sites excluding steroid dienone is 2. The van der Waals surface area contributed by atoms with Gasteiger partial charge in [-0.2, -0.15) is 0 Å². The van der Waals surface area contributed by atoms with Gasteiger partial charge >= 0.3 is 0 Å². The Labute approximate surface area is 140 Å². The first kappa shape index (κ1) is 15.7. The van der Waals surface area contributed by atoms with E-state index < -0.39 is 0 Å². The Morgan fingerprint density at radius 3 is 3.05 bits per heavy atom. The molecule has 0 amide bonds. The van der Waals surface area contributed by atoms with Gasteiger partial charge in [-0.1, -0.05) is 24.6 Å². The molecule has 0 saturated heterocycles. The van der Waals surface area contributed by atoms with Crippen molar-refractivity contribution in [1.29, 1.82) is 0 Å². The van der Waals surface area contributed by atoms with Crippen LogP contribution in [-0.2, 0) is 4.79 Å². The fourth-order valence-electron chi connectivity index (χ4n) is 3.12.